The van der Waals surface area contributed by atoms with Crippen LogP contribution in [0.15, 0.2) is 22.7 Å². The van der Waals surface area contributed by atoms with Gasteiger partial charge < -0.3 is 10.0 Å². The molecule has 1 saturated heterocycles. The van der Waals surface area contributed by atoms with Gasteiger partial charge in [-0.3, -0.25) is 0 Å². The van der Waals surface area contributed by atoms with Crippen molar-refractivity contribution in [3.05, 3.63) is 28.2 Å². The van der Waals surface area contributed by atoms with Gasteiger partial charge in [-0.1, -0.05) is 15.9 Å². The summed E-state index contributed by atoms with van der Waals surface area (Å²) >= 11 is 3.38. The topological polar surface area (TPSA) is 47.3 Å². The van der Waals surface area contributed by atoms with Crippen LogP contribution < -0.4 is 4.90 Å². The summed E-state index contributed by atoms with van der Waals surface area (Å²) in [5.41, 5.74) is 1.64. The summed E-state index contributed by atoms with van der Waals surface area (Å²) in [6.45, 7) is 1.50. The Morgan fingerprint density at radius 1 is 1.47 bits per heavy atom. The van der Waals surface area contributed by atoms with Crippen LogP contribution in [0.25, 0.3) is 0 Å². The number of rotatable bonds is 1. The molecule has 78 valence electrons. The number of nitrogens with zero attached hydrogens (tertiary/aromatic N) is 2. The SMILES string of the molecule is N#Cc1cc(Br)cc(N2CCC(O)C2)c1. The smallest absolute Gasteiger partial charge is 0.0992 e. The lowest BCUT2D eigenvalue weighted by atomic mass is 10.2. The fourth-order valence-corrected chi connectivity index (χ4v) is 2.28. The molecule has 1 unspecified atom stereocenters. The van der Waals surface area contributed by atoms with E-state index in [1.54, 1.807) is 6.07 Å². The van der Waals surface area contributed by atoms with Crippen molar-refractivity contribution in [2.24, 2.45) is 0 Å². The lowest BCUT2D eigenvalue weighted by molar-refractivity contribution is 0.198. The van der Waals surface area contributed by atoms with Crippen molar-refractivity contribution in [3.63, 3.8) is 0 Å². The van der Waals surface area contributed by atoms with E-state index in [0.29, 0.717) is 12.1 Å². The van der Waals surface area contributed by atoms with E-state index in [4.69, 9.17) is 5.26 Å². The number of hydrogen-bond donors (Lipinski definition) is 1. The second-order valence-corrected chi connectivity index (χ2v) is 4.61. The minimum atomic E-state index is -0.241. The van der Waals surface area contributed by atoms with E-state index in [2.05, 4.69) is 26.9 Å². The Labute approximate surface area is 97.1 Å². The average Bonchev–Trinajstić information content (AvgIpc) is 2.64. The first-order valence-corrected chi connectivity index (χ1v) is 5.62. The predicted octanol–water partition coefficient (Wildman–Crippen LogP) is 1.89. The van der Waals surface area contributed by atoms with Gasteiger partial charge >= 0.3 is 0 Å². The van der Waals surface area contributed by atoms with E-state index < -0.39 is 0 Å². The molecule has 1 aliphatic heterocycles. The number of hydrogen-bond acceptors (Lipinski definition) is 3. The predicted molar refractivity (Wildman–Crippen MR) is 61.7 cm³/mol. The number of benzene rings is 1. The zero-order valence-electron chi connectivity index (χ0n) is 8.15. The van der Waals surface area contributed by atoms with E-state index in [-0.39, 0.29) is 6.10 Å². The van der Waals surface area contributed by atoms with E-state index in [9.17, 15) is 5.11 Å². The molecule has 3 nitrogen and oxygen atoms in total. The maximum atomic E-state index is 9.44. The molecule has 0 amide bonds. The Bertz CT molecular complexity index is 414. The standard InChI is InChI=1S/C11H11BrN2O/c12-9-3-8(6-13)4-10(5-9)14-2-1-11(15)7-14/h3-5,11,15H,1-2,7H2. The zero-order chi connectivity index (χ0) is 10.8. The third kappa shape index (κ3) is 2.31. The van der Waals surface area contributed by atoms with Crippen LogP contribution in [0.4, 0.5) is 5.69 Å². The summed E-state index contributed by atoms with van der Waals surface area (Å²) in [5.74, 6) is 0. The summed E-state index contributed by atoms with van der Waals surface area (Å²) in [4.78, 5) is 2.09. The largest absolute Gasteiger partial charge is 0.391 e. The zero-order valence-corrected chi connectivity index (χ0v) is 9.74. The Morgan fingerprint density at radius 2 is 2.27 bits per heavy atom. The maximum absolute atomic E-state index is 9.44. The van der Waals surface area contributed by atoms with Crippen molar-refractivity contribution < 1.29 is 5.11 Å². The van der Waals surface area contributed by atoms with Crippen LogP contribution in [0.2, 0.25) is 0 Å². The van der Waals surface area contributed by atoms with E-state index in [0.717, 1.165) is 23.1 Å². The van der Waals surface area contributed by atoms with Gasteiger partial charge in [-0.25, -0.2) is 0 Å². The lowest BCUT2D eigenvalue weighted by Gasteiger charge is -2.18. The van der Waals surface area contributed by atoms with Crippen molar-refractivity contribution in [2.45, 2.75) is 12.5 Å². The molecule has 1 fully saturated rings. The monoisotopic (exact) mass is 266 g/mol. The lowest BCUT2D eigenvalue weighted by Crippen LogP contribution is -2.21. The number of aliphatic hydroxyl groups is 1. The average molecular weight is 267 g/mol. The summed E-state index contributed by atoms with van der Waals surface area (Å²) in [5, 5.41) is 18.3. The third-order valence-corrected chi connectivity index (χ3v) is 3.00. The molecule has 1 aromatic rings. The first-order valence-electron chi connectivity index (χ1n) is 4.83. The van der Waals surface area contributed by atoms with Gasteiger partial charge in [-0.2, -0.15) is 5.26 Å². The van der Waals surface area contributed by atoms with Crippen LogP contribution in [0.5, 0.6) is 0 Å². The fraction of sp³-hybridized carbons (Fsp3) is 0.364. The molecule has 2 rings (SSSR count). The molecule has 0 spiro atoms. The molecule has 1 aliphatic rings. The second-order valence-electron chi connectivity index (χ2n) is 3.70. The third-order valence-electron chi connectivity index (χ3n) is 2.54. The first kappa shape index (κ1) is 10.5. The van der Waals surface area contributed by atoms with Gasteiger partial charge in [0, 0.05) is 23.2 Å². The molecule has 0 aliphatic carbocycles. The maximum Gasteiger partial charge on any atom is 0.0992 e. The van der Waals surface area contributed by atoms with Gasteiger partial charge in [0.15, 0.2) is 0 Å². The highest BCUT2D eigenvalue weighted by Crippen LogP contribution is 2.25. The van der Waals surface area contributed by atoms with Crippen LogP contribution in [-0.4, -0.2) is 24.3 Å². The van der Waals surface area contributed by atoms with Gasteiger partial charge in [0.25, 0.3) is 0 Å². The number of anilines is 1. The molecule has 0 radical (unpaired) electrons. The van der Waals surface area contributed by atoms with Crippen molar-refractivity contribution >= 4 is 21.6 Å². The minimum absolute atomic E-state index is 0.241. The van der Waals surface area contributed by atoms with Crippen LogP contribution in [0.3, 0.4) is 0 Å². The second kappa shape index (κ2) is 4.21. The van der Waals surface area contributed by atoms with Gasteiger partial charge in [0.2, 0.25) is 0 Å². The summed E-state index contributed by atoms with van der Waals surface area (Å²) in [7, 11) is 0. The Kier molecular flexibility index (Phi) is 2.94. The molecule has 4 heteroatoms. The van der Waals surface area contributed by atoms with Crippen molar-refractivity contribution in [1.29, 1.82) is 5.26 Å². The summed E-state index contributed by atoms with van der Waals surface area (Å²) in [6, 6.07) is 7.73. The van der Waals surface area contributed by atoms with Gasteiger partial charge in [-0.15, -0.1) is 0 Å². The first-order chi connectivity index (χ1) is 7.19. The summed E-state index contributed by atoms with van der Waals surface area (Å²) in [6.07, 6.45) is 0.559. The Balaban J connectivity index is 2.29. The van der Waals surface area contributed by atoms with Crippen LogP contribution in [0, 0.1) is 11.3 Å². The van der Waals surface area contributed by atoms with Crippen LogP contribution in [-0.2, 0) is 0 Å². The molecule has 15 heavy (non-hydrogen) atoms. The molecule has 1 aromatic carbocycles. The highest BCUT2D eigenvalue weighted by atomic mass is 79.9. The molecular formula is C11H11BrN2O. The molecule has 1 atom stereocenters. The highest BCUT2D eigenvalue weighted by Gasteiger charge is 2.20. The highest BCUT2D eigenvalue weighted by molar-refractivity contribution is 9.10. The molecule has 0 aromatic heterocycles. The Morgan fingerprint density at radius 3 is 2.87 bits per heavy atom. The van der Waals surface area contributed by atoms with Crippen LogP contribution in [0.1, 0.15) is 12.0 Å². The van der Waals surface area contributed by atoms with Crippen LogP contribution >= 0.6 is 15.9 Å². The minimum Gasteiger partial charge on any atom is -0.391 e. The Hall–Kier alpha value is -1.05. The van der Waals surface area contributed by atoms with Gasteiger partial charge in [0.05, 0.1) is 17.7 Å². The van der Waals surface area contributed by atoms with Crippen molar-refractivity contribution in [2.75, 3.05) is 18.0 Å². The molecule has 0 bridgehead atoms. The number of β-amino-alcohol motifs (C(OH)–C–C–N with tert-alkyl or cyclic N) is 1. The van der Waals surface area contributed by atoms with E-state index in [1.807, 2.05) is 12.1 Å². The van der Waals surface area contributed by atoms with E-state index in [1.165, 1.54) is 0 Å². The molecule has 1 N–H and O–H groups in total. The molecule has 0 saturated carbocycles. The summed E-state index contributed by atoms with van der Waals surface area (Å²) < 4.78 is 0.901. The molecular weight excluding hydrogens is 256 g/mol. The van der Waals surface area contributed by atoms with Crippen molar-refractivity contribution in [3.8, 4) is 6.07 Å². The van der Waals surface area contributed by atoms with Gasteiger partial charge in [0.1, 0.15) is 0 Å². The number of halogens is 1. The van der Waals surface area contributed by atoms with Crippen molar-refractivity contribution in [1.82, 2.24) is 0 Å². The number of aliphatic hydroxyl groups excluding tert-OH is 1. The normalized spacial score (nSPS) is 20.3. The quantitative estimate of drug-likeness (QED) is 0.845. The number of nitriles is 1. The molecule has 1 heterocycles. The fourth-order valence-electron chi connectivity index (χ4n) is 1.80. The van der Waals surface area contributed by atoms with Gasteiger partial charge in [-0.05, 0) is 24.6 Å². The van der Waals surface area contributed by atoms with E-state index >= 15 is 0 Å².